The van der Waals surface area contributed by atoms with E-state index in [2.05, 4.69) is 0 Å². The number of ether oxygens (including phenoxy) is 1. The fraction of sp³-hybridized carbons (Fsp3) is 0.444. The number of hydrogen-bond donors (Lipinski definition) is 0. The Kier molecular flexibility index (Phi) is 5.08. The first kappa shape index (κ1) is 17.1. The summed E-state index contributed by atoms with van der Waals surface area (Å²) in [5.41, 5.74) is 1.04. The molecule has 23 heavy (non-hydrogen) atoms. The van der Waals surface area contributed by atoms with E-state index in [1.54, 1.807) is 26.2 Å². The number of nitrogens with zero attached hydrogens (tertiary/aromatic N) is 1. The van der Waals surface area contributed by atoms with Gasteiger partial charge in [0.05, 0.1) is 0 Å². The lowest BCUT2D eigenvalue weighted by Gasteiger charge is -2.24. The summed E-state index contributed by atoms with van der Waals surface area (Å²) in [6.07, 6.45) is 0.166. The standard InChI is InChI=1S/C18H23NO4/c1-6-12-9-16(20)23-15-10-13(7-8-14(12)15)22-17(11(2)3)18(21)19(4)5/h7-11,17H,6H2,1-5H3. The van der Waals surface area contributed by atoms with E-state index in [-0.39, 0.29) is 17.5 Å². The number of aryl methyl sites for hydroxylation is 1. The minimum atomic E-state index is -0.580. The zero-order valence-corrected chi connectivity index (χ0v) is 14.3. The SMILES string of the molecule is CCc1cc(=O)oc2cc(OC(C(=O)N(C)C)C(C)C)ccc12. The molecule has 0 aliphatic rings. The zero-order chi connectivity index (χ0) is 17.1. The van der Waals surface area contributed by atoms with Crippen molar-refractivity contribution in [3.05, 3.63) is 40.2 Å². The van der Waals surface area contributed by atoms with E-state index in [9.17, 15) is 9.59 Å². The van der Waals surface area contributed by atoms with Crippen LogP contribution in [0.1, 0.15) is 26.3 Å². The second-order valence-corrected chi connectivity index (χ2v) is 6.12. The molecule has 0 fully saturated rings. The van der Waals surface area contributed by atoms with Crippen LogP contribution in [-0.4, -0.2) is 31.0 Å². The Bertz CT molecular complexity index is 761. The molecule has 0 aliphatic heterocycles. The van der Waals surface area contributed by atoms with Gasteiger partial charge in [-0.1, -0.05) is 20.8 Å². The third kappa shape index (κ3) is 3.73. The summed E-state index contributed by atoms with van der Waals surface area (Å²) in [7, 11) is 3.40. The smallest absolute Gasteiger partial charge is 0.336 e. The lowest BCUT2D eigenvalue weighted by atomic mass is 10.1. The van der Waals surface area contributed by atoms with Crippen LogP contribution in [0, 0.1) is 5.92 Å². The molecule has 1 amide bonds. The third-order valence-corrected chi connectivity index (χ3v) is 3.74. The number of carbonyl (C=O) groups is 1. The number of hydrogen-bond acceptors (Lipinski definition) is 4. The molecular formula is C18H23NO4. The summed E-state index contributed by atoms with van der Waals surface area (Å²) < 4.78 is 11.1. The average Bonchev–Trinajstić information content (AvgIpc) is 2.50. The highest BCUT2D eigenvalue weighted by atomic mass is 16.5. The van der Waals surface area contributed by atoms with E-state index in [1.807, 2.05) is 26.8 Å². The van der Waals surface area contributed by atoms with E-state index >= 15 is 0 Å². The second kappa shape index (κ2) is 6.86. The molecule has 0 radical (unpaired) electrons. The van der Waals surface area contributed by atoms with Crippen LogP contribution in [0.2, 0.25) is 0 Å². The van der Waals surface area contributed by atoms with Gasteiger partial charge in [0.1, 0.15) is 11.3 Å². The van der Waals surface area contributed by atoms with Gasteiger partial charge in [0.25, 0.3) is 5.91 Å². The Hall–Kier alpha value is -2.30. The van der Waals surface area contributed by atoms with Gasteiger partial charge in [-0.05, 0) is 30.0 Å². The van der Waals surface area contributed by atoms with Crippen LogP contribution in [-0.2, 0) is 11.2 Å². The van der Waals surface area contributed by atoms with Gasteiger partial charge in [0.2, 0.25) is 0 Å². The first-order valence-electron chi connectivity index (χ1n) is 7.78. The van der Waals surface area contributed by atoms with E-state index in [0.717, 1.165) is 17.4 Å². The molecule has 0 saturated carbocycles. The van der Waals surface area contributed by atoms with Gasteiger partial charge in [-0.3, -0.25) is 4.79 Å². The van der Waals surface area contributed by atoms with E-state index in [1.165, 1.54) is 11.0 Å². The van der Waals surface area contributed by atoms with Crippen LogP contribution >= 0.6 is 0 Å². The van der Waals surface area contributed by atoms with Crippen molar-refractivity contribution in [2.45, 2.75) is 33.3 Å². The topological polar surface area (TPSA) is 59.8 Å². The van der Waals surface area contributed by atoms with Crippen LogP contribution in [0.5, 0.6) is 5.75 Å². The monoisotopic (exact) mass is 317 g/mol. The van der Waals surface area contributed by atoms with Crippen molar-refractivity contribution in [2.24, 2.45) is 5.92 Å². The van der Waals surface area contributed by atoms with Crippen molar-refractivity contribution in [3.63, 3.8) is 0 Å². The maximum atomic E-state index is 12.2. The number of carbonyl (C=O) groups excluding carboxylic acids is 1. The zero-order valence-electron chi connectivity index (χ0n) is 14.3. The molecular weight excluding hydrogens is 294 g/mol. The molecule has 5 heteroatoms. The minimum Gasteiger partial charge on any atom is -0.480 e. The molecule has 1 aromatic carbocycles. The van der Waals surface area contributed by atoms with Crippen LogP contribution in [0.3, 0.4) is 0 Å². The van der Waals surface area contributed by atoms with E-state index in [0.29, 0.717) is 11.3 Å². The molecule has 0 saturated heterocycles. The quantitative estimate of drug-likeness (QED) is 0.796. The first-order chi connectivity index (χ1) is 10.8. The van der Waals surface area contributed by atoms with E-state index in [4.69, 9.17) is 9.15 Å². The molecule has 2 rings (SSSR count). The Morgan fingerprint density at radius 2 is 1.96 bits per heavy atom. The van der Waals surface area contributed by atoms with Crippen molar-refractivity contribution in [3.8, 4) is 5.75 Å². The molecule has 1 unspecified atom stereocenters. The Balaban J connectivity index is 2.40. The molecule has 0 spiro atoms. The van der Waals surface area contributed by atoms with Gasteiger partial charge in [0.15, 0.2) is 6.10 Å². The van der Waals surface area contributed by atoms with Crippen LogP contribution in [0.25, 0.3) is 11.0 Å². The number of rotatable bonds is 5. The Labute approximate surface area is 135 Å². The fourth-order valence-corrected chi connectivity index (χ4v) is 2.45. The number of amides is 1. The van der Waals surface area contributed by atoms with Crippen LogP contribution in [0.15, 0.2) is 33.5 Å². The van der Waals surface area contributed by atoms with Crippen LogP contribution < -0.4 is 10.4 Å². The third-order valence-electron chi connectivity index (χ3n) is 3.74. The van der Waals surface area contributed by atoms with Gasteiger partial charge >= 0.3 is 5.63 Å². The number of fused-ring (bicyclic) bond motifs is 1. The molecule has 0 N–H and O–H groups in total. The Morgan fingerprint density at radius 3 is 2.52 bits per heavy atom. The maximum Gasteiger partial charge on any atom is 0.336 e. The summed E-state index contributed by atoms with van der Waals surface area (Å²) in [5.74, 6) is 0.446. The highest BCUT2D eigenvalue weighted by Gasteiger charge is 2.26. The van der Waals surface area contributed by atoms with E-state index < -0.39 is 6.10 Å². The molecule has 124 valence electrons. The maximum absolute atomic E-state index is 12.2. The van der Waals surface area contributed by atoms with Crippen molar-refractivity contribution < 1.29 is 13.9 Å². The number of benzene rings is 1. The van der Waals surface area contributed by atoms with Crippen molar-refractivity contribution in [1.29, 1.82) is 0 Å². The molecule has 1 atom stereocenters. The average molecular weight is 317 g/mol. The van der Waals surface area contributed by atoms with Crippen molar-refractivity contribution >= 4 is 16.9 Å². The highest BCUT2D eigenvalue weighted by molar-refractivity contribution is 5.83. The minimum absolute atomic E-state index is 0.0228. The lowest BCUT2D eigenvalue weighted by molar-refractivity contribution is -0.138. The number of likely N-dealkylation sites (N-methyl/N-ethyl adjacent to an activating group) is 1. The summed E-state index contributed by atoms with van der Waals surface area (Å²) >= 11 is 0. The predicted octanol–water partition coefficient (Wildman–Crippen LogP) is 2.85. The summed E-state index contributed by atoms with van der Waals surface area (Å²) in [6.45, 7) is 5.86. The first-order valence-corrected chi connectivity index (χ1v) is 7.78. The van der Waals surface area contributed by atoms with Gasteiger partial charge in [-0.25, -0.2) is 4.79 Å². The van der Waals surface area contributed by atoms with Gasteiger partial charge in [0, 0.05) is 31.6 Å². The Morgan fingerprint density at radius 1 is 1.26 bits per heavy atom. The summed E-state index contributed by atoms with van der Waals surface area (Å²) in [5, 5.41) is 0.888. The normalized spacial score (nSPS) is 12.4. The summed E-state index contributed by atoms with van der Waals surface area (Å²) in [6, 6.07) is 6.85. The predicted molar refractivity (Wildman–Crippen MR) is 89.8 cm³/mol. The molecule has 0 aliphatic carbocycles. The van der Waals surface area contributed by atoms with Gasteiger partial charge in [-0.2, -0.15) is 0 Å². The van der Waals surface area contributed by atoms with Crippen molar-refractivity contribution in [1.82, 2.24) is 4.90 Å². The highest BCUT2D eigenvalue weighted by Crippen LogP contribution is 2.25. The fourth-order valence-electron chi connectivity index (χ4n) is 2.45. The molecule has 5 nitrogen and oxygen atoms in total. The lowest BCUT2D eigenvalue weighted by Crippen LogP contribution is -2.41. The molecule has 2 aromatic rings. The van der Waals surface area contributed by atoms with Crippen molar-refractivity contribution in [2.75, 3.05) is 14.1 Å². The second-order valence-electron chi connectivity index (χ2n) is 6.12. The molecule has 1 aromatic heterocycles. The van der Waals surface area contributed by atoms with Gasteiger partial charge < -0.3 is 14.1 Å². The summed E-state index contributed by atoms with van der Waals surface area (Å²) in [4.78, 5) is 25.4. The molecule has 1 heterocycles. The molecule has 0 bridgehead atoms. The van der Waals surface area contributed by atoms with Crippen LogP contribution in [0.4, 0.5) is 0 Å². The largest absolute Gasteiger partial charge is 0.480 e. The van der Waals surface area contributed by atoms with Gasteiger partial charge in [-0.15, -0.1) is 0 Å².